The predicted molar refractivity (Wildman–Crippen MR) is 73.5 cm³/mol. The van der Waals surface area contributed by atoms with Crippen LogP contribution in [0, 0.1) is 22.9 Å². The van der Waals surface area contributed by atoms with Crippen LogP contribution < -0.4 is 4.74 Å². The van der Waals surface area contributed by atoms with Crippen LogP contribution in [0.25, 0.3) is 0 Å². The van der Waals surface area contributed by atoms with Crippen molar-refractivity contribution in [3.05, 3.63) is 44.3 Å². The third-order valence-corrected chi connectivity index (χ3v) is 3.04. The molecule has 0 amide bonds. The molecule has 0 atom stereocenters. The van der Waals surface area contributed by atoms with Gasteiger partial charge in [-0.1, -0.05) is 15.9 Å². The molecule has 0 aliphatic heterocycles. The summed E-state index contributed by atoms with van der Waals surface area (Å²) in [5.41, 5.74) is 0.0366. The van der Waals surface area contributed by atoms with Crippen molar-refractivity contribution in [2.75, 3.05) is 0 Å². The van der Waals surface area contributed by atoms with E-state index >= 15 is 0 Å². The Labute approximate surface area is 122 Å². The van der Waals surface area contributed by atoms with Gasteiger partial charge in [0.25, 0.3) is 5.88 Å². The summed E-state index contributed by atoms with van der Waals surface area (Å²) in [4.78, 5) is 10.5. The molecule has 0 radical (unpaired) electrons. The topological polar surface area (TPSA) is 70.2 Å². The van der Waals surface area contributed by atoms with Gasteiger partial charge in [0.2, 0.25) is 0 Å². The number of aromatic nitrogens is 2. The number of aryl methyl sites for hydroxylation is 2. The Hall–Kier alpha value is -1.96. The largest absolute Gasteiger partial charge is 0.434 e. The lowest BCUT2D eigenvalue weighted by Crippen LogP contribution is -2.01. The van der Waals surface area contributed by atoms with Gasteiger partial charge in [-0.15, -0.1) is 0 Å². The number of benzene rings is 1. The van der Waals surface area contributed by atoms with Gasteiger partial charge in [-0.25, -0.2) is 9.07 Å². The number of hydrogen-bond acceptors (Lipinski definition) is 4. The van der Waals surface area contributed by atoms with Crippen LogP contribution in [0.4, 0.5) is 10.1 Å². The third kappa shape index (κ3) is 2.79. The average Bonchev–Trinajstić information content (AvgIpc) is 2.64. The Balaban J connectivity index is 2.49. The van der Waals surface area contributed by atoms with Crippen molar-refractivity contribution in [3.63, 3.8) is 0 Å². The van der Waals surface area contributed by atoms with Gasteiger partial charge in [-0.3, -0.25) is 10.1 Å². The van der Waals surface area contributed by atoms with E-state index in [1.54, 1.807) is 6.92 Å². The van der Waals surface area contributed by atoms with Crippen LogP contribution in [-0.4, -0.2) is 14.7 Å². The molecule has 0 saturated carbocycles. The second-order valence-corrected chi connectivity index (χ2v) is 4.93. The van der Waals surface area contributed by atoms with Crippen molar-refractivity contribution in [1.82, 2.24) is 9.78 Å². The Morgan fingerprint density at radius 1 is 1.50 bits per heavy atom. The van der Waals surface area contributed by atoms with E-state index in [2.05, 4.69) is 21.0 Å². The maximum Gasteiger partial charge on any atom is 0.353 e. The molecule has 0 saturated heterocycles. The van der Waals surface area contributed by atoms with Crippen molar-refractivity contribution < 1.29 is 14.1 Å². The first-order valence-electron chi connectivity index (χ1n) is 5.78. The van der Waals surface area contributed by atoms with Crippen LogP contribution in [0.15, 0.2) is 22.7 Å². The molecule has 0 N–H and O–H groups in total. The zero-order valence-electron chi connectivity index (χ0n) is 10.8. The molecule has 0 spiro atoms. The number of nitro groups is 1. The summed E-state index contributed by atoms with van der Waals surface area (Å²) >= 11 is 3.14. The molecule has 0 aliphatic carbocycles. The fourth-order valence-electron chi connectivity index (χ4n) is 1.78. The Kier molecular flexibility index (Phi) is 4.03. The van der Waals surface area contributed by atoms with Crippen molar-refractivity contribution in [2.45, 2.75) is 20.4 Å². The van der Waals surface area contributed by atoms with Crippen LogP contribution in [0.5, 0.6) is 11.6 Å². The van der Waals surface area contributed by atoms with Gasteiger partial charge in [0.1, 0.15) is 17.3 Å². The average molecular weight is 344 g/mol. The van der Waals surface area contributed by atoms with Gasteiger partial charge < -0.3 is 4.74 Å². The number of halogens is 2. The highest BCUT2D eigenvalue weighted by atomic mass is 79.9. The van der Waals surface area contributed by atoms with Gasteiger partial charge >= 0.3 is 5.69 Å². The van der Waals surface area contributed by atoms with Crippen LogP contribution >= 0.6 is 15.9 Å². The molecule has 20 heavy (non-hydrogen) atoms. The van der Waals surface area contributed by atoms with Crippen molar-refractivity contribution in [1.29, 1.82) is 0 Å². The molecular formula is C12H11BrFN3O3. The van der Waals surface area contributed by atoms with E-state index in [4.69, 9.17) is 4.74 Å². The minimum absolute atomic E-state index is 0.00694. The smallest absolute Gasteiger partial charge is 0.353 e. The SMILES string of the molecule is CCn1nc(C)c([N+](=O)[O-])c1Oc1cc(F)cc(Br)c1. The highest BCUT2D eigenvalue weighted by Crippen LogP contribution is 2.35. The fourth-order valence-corrected chi connectivity index (χ4v) is 2.22. The van der Waals surface area contributed by atoms with Crippen molar-refractivity contribution >= 4 is 21.6 Å². The quantitative estimate of drug-likeness (QED) is 0.625. The standard InChI is InChI=1S/C12H11BrFN3O3/c1-3-16-12(11(17(18)19)7(2)15-16)20-10-5-8(13)4-9(14)6-10/h4-6H,3H2,1-2H3. The van der Waals surface area contributed by atoms with Gasteiger partial charge in [0.15, 0.2) is 0 Å². The Morgan fingerprint density at radius 2 is 2.20 bits per heavy atom. The summed E-state index contributed by atoms with van der Waals surface area (Å²) in [6.45, 7) is 3.71. The summed E-state index contributed by atoms with van der Waals surface area (Å²) in [5, 5.41) is 15.1. The summed E-state index contributed by atoms with van der Waals surface area (Å²) in [6, 6.07) is 3.94. The number of rotatable bonds is 4. The fraction of sp³-hybridized carbons (Fsp3) is 0.250. The molecule has 2 rings (SSSR count). The van der Waals surface area contributed by atoms with E-state index in [-0.39, 0.29) is 23.0 Å². The summed E-state index contributed by atoms with van der Waals surface area (Å²) in [7, 11) is 0. The van der Waals surface area contributed by atoms with Crippen molar-refractivity contribution in [3.8, 4) is 11.6 Å². The second-order valence-electron chi connectivity index (χ2n) is 4.02. The first kappa shape index (κ1) is 14.4. The van der Waals surface area contributed by atoms with Crippen molar-refractivity contribution in [2.24, 2.45) is 0 Å². The van der Waals surface area contributed by atoms with Crippen LogP contribution in [0.3, 0.4) is 0 Å². The minimum atomic E-state index is -0.557. The molecule has 1 aromatic heterocycles. The van der Waals surface area contributed by atoms with E-state index in [9.17, 15) is 14.5 Å². The number of ether oxygens (including phenoxy) is 1. The lowest BCUT2D eigenvalue weighted by atomic mass is 10.3. The third-order valence-electron chi connectivity index (χ3n) is 2.58. The highest BCUT2D eigenvalue weighted by molar-refractivity contribution is 9.10. The van der Waals surface area contributed by atoms with E-state index in [0.717, 1.165) is 6.07 Å². The Morgan fingerprint density at radius 3 is 2.75 bits per heavy atom. The molecule has 106 valence electrons. The predicted octanol–water partition coefficient (Wildman–Crippen LogP) is 3.81. The van der Waals surface area contributed by atoms with Gasteiger partial charge in [0, 0.05) is 17.1 Å². The normalized spacial score (nSPS) is 10.6. The first-order valence-corrected chi connectivity index (χ1v) is 6.57. The van der Waals surface area contributed by atoms with E-state index in [0.29, 0.717) is 11.0 Å². The summed E-state index contributed by atoms with van der Waals surface area (Å²) in [5.74, 6) is -0.349. The molecule has 1 heterocycles. The van der Waals surface area contributed by atoms with Gasteiger partial charge in [-0.05, 0) is 26.0 Å². The lowest BCUT2D eigenvalue weighted by Gasteiger charge is -2.07. The molecule has 6 nitrogen and oxygen atoms in total. The maximum atomic E-state index is 13.3. The van der Waals surface area contributed by atoms with Gasteiger partial charge in [-0.2, -0.15) is 5.10 Å². The maximum absolute atomic E-state index is 13.3. The molecular weight excluding hydrogens is 333 g/mol. The molecule has 1 aromatic carbocycles. The zero-order chi connectivity index (χ0) is 14.9. The Bertz CT molecular complexity index is 652. The van der Waals surface area contributed by atoms with E-state index in [1.165, 1.54) is 23.7 Å². The summed E-state index contributed by atoms with van der Waals surface area (Å²) < 4.78 is 20.6. The van der Waals surface area contributed by atoms with E-state index in [1.807, 2.05) is 0 Å². The molecule has 0 aliphatic rings. The number of hydrogen-bond donors (Lipinski definition) is 0. The minimum Gasteiger partial charge on any atom is -0.434 e. The van der Waals surface area contributed by atoms with Crippen LogP contribution in [-0.2, 0) is 6.54 Å². The molecule has 8 heteroatoms. The first-order chi connectivity index (χ1) is 9.42. The molecule has 2 aromatic rings. The zero-order valence-corrected chi connectivity index (χ0v) is 12.3. The summed E-state index contributed by atoms with van der Waals surface area (Å²) in [6.07, 6.45) is 0. The lowest BCUT2D eigenvalue weighted by molar-refractivity contribution is -0.386. The molecule has 0 unspecified atom stereocenters. The molecule has 0 fully saturated rings. The number of nitrogens with zero attached hydrogens (tertiary/aromatic N) is 3. The van der Waals surface area contributed by atoms with Gasteiger partial charge in [0.05, 0.1) is 4.92 Å². The van der Waals surface area contributed by atoms with Crippen LogP contribution in [0.1, 0.15) is 12.6 Å². The molecule has 0 bridgehead atoms. The van der Waals surface area contributed by atoms with Crippen LogP contribution in [0.2, 0.25) is 0 Å². The second kappa shape index (κ2) is 5.58. The highest BCUT2D eigenvalue weighted by Gasteiger charge is 2.27. The monoisotopic (exact) mass is 343 g/mol. The van der Waals surface area contributed by atoms with E-state index < -0.39 is 10.7 Å².